The summed E-state index contributed by atoms with van der Waals surface area (Å²) in [7, 11) is -3.48. The number of sulfonamides is 1. The Morgan fingerprint density at radius 1 is 1.10 bits per heavy atom. The number of nitrogens with two attached hydrogens (primary N) is 1. The second-order valence-corrected chi connectivity index (χ2v) is 7.04. The zero-order valence-electron chi connectivity index (χ0n) is 12.9. The molecule has 0 heterocycles. The first-order valence-electron chi connectivity index (χ1n) is 7.17. The fraction of sp³-hybridized carbons (Fsp3) is 0.600. The average Bonchev–Trinajstić information content (AvgIpc) is 2.35. The van der Waals surface area contributed by atoms with Crippen molar-refractivity contribution in [3.8, 4) is 0 Å². The molecular weight excluding hydrogens is 272 g/mol. The number of hydrogen-bond acceptors (Lipinski definition) is 3. The summed E-state index contributed by atoms with van der Waals surface area (Å²) in [6.07, 6.45) is 4.19. The zero-order valence-corrected chi connectivity index (χ0v) is 13.7. The Labute approximate surface area is 122 Å². The number of nitrogens with one attached hydrogen (secondary N) is 1. The molecule has 1 aromatic carbocycles. The van der Waals surface area contributed by atoms with Crippen LogP contribution in [0.2, 0.25) is 0 Å². The van der Waals surface area contributed by atoms with Gasteiger partial charge in [-0.05, 0) is 43.9 Å². The Hall–Kier alpha value is -1.07. The van der Waals surface area contributed by atoms with Gasteiger partial charge in [0.05, 0.1) is 4.90 Å². The second-order valence-electron chi connectivity index (χ2n) is 5.34. The largest absolute Gasteiger partial charge is 0.398 e. The molecule has 0 unspecified atom stereocenters. The predicted octanol–water partition coefficient (Wildman–Crippen LogP) is 3.05. The highest BCUT2D eigenvalue weighted by Gasteiger charge is 2.21. The number of anilines is 1. The van der Waals surface area contributed by atoms with Crippen molar-refractivity contribution in [2.75, 3.05) is 12.3 Å². The van der Waals surface area contributed by atoms with Gasteiger partial charge in [0.25, 0.3) is 0 Å². The third kappa shape index (κ3) is 3.96. The van der Waals surface area contributed by atoms with Crippen molar-refractivity contribution in [1.29, 1.82) is 0 Å². The smallest absolute Gasteiger partial charge is 0.241 e. The van der Waals surface area contributed by atoms with Crippen molar-refractivity contribution in [3.63, 3.8) is 0 Å². The van der Waals surface area contributed by atoms with Gasteiger partial charge in [0.15, 0.2) is 0 Å². The first-order valence-corrected chi connectivity index (χ1v) is 8.65. The van der Waals surface area contributed by atoms with Gasteiger partial charge in [0.1, 0.15) is 0 Å². The Morgan fingerprint density at radius 2 is 1.75 bits per heavy atom. The van der Waals surface area contributed by atoms with E-state index in [9.17, 15) is 8.42 Å². The van der Waals surface area contributed by atoms with Crippen LogP contribution in [-0.2, 0) is 10.0 Å². The highest BCUT2D eigenvalue weighted by molar-refractivity contribution is 7.89. The fourth-order valence-corrected chi connectivity index (χ4v) is 3.98. The van der Waals surface area contributed by atoms with E-state index in [1.807, 2.05) is 19.9 Å². The molecule has 0 aliphatic heterocycles. The van der Waals surface area contributed by atoms with Gasteiger partial charge in [0.2, 0.25) is 10.0 Å². The normalized spacial score (nSPS) is 11.8. The summed E-state index contributed by atoms with van der Waals surface area (Å²) in [5.41, 5.74) is 8.81. The van der Waals surface area contributed by atoms with E-state index in [1.165, 1.54) is 0 Å². The van der Waals surface area contributed by atoms with Crippen molar-refractivity contribution < 1.29 is 8.42 Å². The maximum Gasteiger partial charge on any atom is 0.241 e. The molecule has 4 nitrogen and oxygen atoms in total. The van der Waals surface area contributed by atoms with Gasteiger partial charge < -0.3 is 5.73 Å². The molecule has 0 aromatic heterocycles. The molecule has 0 aliphatic carbocycles. The van der Waals surface area contributed by atoms with Crippen molar-refractivity contribution in [3.05, 3.63) is 22.8 Å². The van der Waals surface area contributed by atoms with Crippen LogP contribution in [0.1, 0.15) is 49.3 Å². The third-order valence-corrected chi connectivity index (χ3v) is 5.30. The van der Waals surface area contributed by atoms with E-state index in [-0.39, 0.29) is 0 Å². The van der Waals surface area contributed by atoms with Crippen LogP contribution in [0, 0.1) is 20.8 Å². The Bertz CT molecular complexity index is 566. The molecule has 0 radical (unpaired) electrons. The van der Waals surface area contributed by atoms with Gasteiger partial charge in [-0.2, -0.15) is 0 Å². The lowest BCUT2D eigenvalue weighted by molar-refractivity contribution is 0.572. The Kier molecular flexibility index (Phi) is 6.02. The lowest BCUT2D eigenvalue weighted by Crippen LogP contribution is -2.26. The molecule has 20 heavy (non-hydrogen) atoms. The van der Waals surface area contributed by atoms with Gasteiger partial charge in [0, 0.05) is 12.2 Å². The number of unbranched alkanes of at least 4 members (excludes halogenated alkanes) is 3. The lowest BCUT2D eigenvalue weighted by Gasteiger charge is -2.15. The molecule has 0 bridgehead atoms. The van der Waals surface area contributed by atoms with Gasteiger partial charge in [-0.1, -0.05) is 32.3 Å². The van der Waals surface area contributed by atoms with E-state index in [0.717, 1.165) is 36.8 Å². The van der Waals surface area contributed by atoms with Crippen molar-refractivity contribution >= 4 is 15.7 Å². The summed E-state index contributed by atoms with van der Waals surface area (Å²) >= 11 is 0. The molecule has 0 saturated carbocycles. The van der Waals surface area contributed by atoms with Crippen molar-refractivity contribution in [1.82, 2.24) is 4.72 Å². The van der Waals surface area contributed by atoms with Crippen LogP contribution in [0.25, 0.3) is 0 Å². The number of nitrogen functional groups attached to an aromatic ring is 1. The van der Waals surface area contributed by atoms with E-state index >= 15 is 0 Å². The minimum Gasteiger partial charge on any atom is -0.398 e. The molecule has 0 fully saturated rings. The summed E-state index contributed by atoms with van der Waals surface area (Å²) < 4.78 is 27.5. The Morgan fingerprint density at radius 3 is 2.35 bits per heavy atom. The summed E-state index contributed by atoms with van der Waals surface area (Å²) in [4.78, 5) is 0.330. The van der Waals surface area contributed by atoms with Gasteiger partial charge in [-0.3, -0.25) is 0 Å². The highest BCUT2D eigenvalue weighted by Crippen LogP contribution is 2.27. The zero-order chi connectivity index (χ0) is 15.3. The topological polar surface area (TPSA) is 72.2 Å². The number of rotatable bonds is 7. The molecule has 0 spiro atoms. The van der Waals surface area contributed by atoms with Gasteiger partial charge in [-0.25, -0.2) is 13.1 Å². The predicted molar refractivity (Wildman–Crippen MR) is 84.4 cm³/mol. The third-order valence-electron chi connectivity index (χ3n) is 3.55. The average molecular weight is 298 g/mol. The van der Waals surface area contributed by atoms with Crippen LogP contribution in [0.4, 0.5) is 5.69 Å². The van der Waals surface area contributed by atoms with E-state index < -0.39 is 10.0 Å². The summed E-state index contributed by atoms with van der Waals surface area (Å²) in [5, 5.41) is 0. The van der Waals surface area contributed by atoms with Crippen LogP contribution in [0.15, 0.2) is 11.0 Å². The maximum absolute atomic E-state index is 12.4. The number of hydrogen-bond donors (Lipinski definition) is 2. The van der Waals surface area contributed by atoms with Crippen LogP contribution < -0.4 is 10.5 Å². The summed E-state index contributed by atoms with van der Waals surface area (Å²) in [6.45, 7) is 8.08. The summed E-state index contributed by atoms with van der Waals surface area (Å²) in [5.74, 6) is 0. The molecule has 0 aliphatic rings. The number of aryl methyl sites for hydroxylation is 2. The van der Waals surface area contributed by atoms with E-state index in [4.69, 9.17) is 5.73 Å². The number of benzene rings is 1. The second kappa shape index (κ2) is 7.09. The fourth-order valence-electron chi connectivity index (χ4n) is 2.43. The van der Waals surface area contributed by atoms with E-state index in [1.54, 1.807) is 6.92 Å². The quantitative estimate of drug-likeness (QED) is 0.600. The molecule has 3 N–H and O–H groups in total. The first-order chi connectivity index (χ1) is 9.31. The minimum absolute atomic E-state index is 0.330. The molecule has 0 amide bonds. The molecular formula is C15H26N2O2S. The highest BCUT2D eigenvalue weighted by atomic mass is 32.2. The molecule has 0 saturated heterocycles. The SMILES string of the molecule is CCCCCCNS(=O)(=O)c1c(C)cc(C)c(N)c1C. The molecule has 5 heteroatoms. The molecule has 0 atom stereocenters. The van der Waals surface area contributed by atoms with Crippen molar-refractivity contribution in [2.24, 2.45) is 0 Å². The van der Waals surface area contributed by atoms with Crippen LogP contribution in [0.5, 0.6) is 0 Å². The lowest BCUT2D eigenvalue weighted by atomic mass is 10.1. The van der Waals surface area contributed by atoms with E-state index in [0.29, 0.717) is 22.7 Å². The maximum atomic E-state index is 12.4. The minimum atomic E-state index is -3.48. The van der Waals surface area contributed by atoms with Crippen LogP contribution in [-0.4, -0.2) is 15.0 Å². The molecule has 114 valence electrons. The monoisotopic (exact) mass is 298 g/mol. The summed E-state index contributed by atoms with van der Waals surface area (Å²) in [6, 6.07) is 1.83. The molecule has 1 rings (SSSR count). The van der Waals surface area contributed by atoms with Crippen LogP contribution >= 0.6 is 0 Å². The van der Waals surface area contributed by atoms with Crippen LogP contribution in [0.3, 0.4) is 0 Å². The standard InChI is InChI=1S/C15H26N2O2S/c1-5-6-7-8-9-17-20(18,19)15-12(3)10-11(2)14(16)13(15)4/h10,17H,5-9,16H2,1-4H3. The molecule has 1 aromatic rings. The Balaban J connectivity index is 2.91. The van der Waals surface area contributed by atoms with E-state index in [2.05, 4.69) is 11.6 Å². The van der Waals surface area contributed by atoms with Gasteiger partial charge >= 0.3 is 0 Å². The van der Waals surface area contributed by atoms with Crippen molar-refractivity contribution in [2.45, 2.75) is 58.3 Å². The van der Waals surface area contributed by atoms with Gasteiger partial charge in [-0.15, -0.1) is 0 Å². The first kappa shape index (κ1) is 17.0.